The van der Waals surface area contributed by atoms with Gasteiger partial charge in [0.05, 0.1) is 0 Å². The monoisotopic (exact) mass is 620 g/mol. The van der Waals surface area contributed by atoms with Crippen LogP contribution >= 0.6 is 10.5 Å². The first-order valence-electron chi connectivity index (χ1n) is 10.4. The number of carboxylic acid groups (broad SMARTS) is 1. The van der Waals surface area contributed by atoms with Crippen LogP contribution in [-0.2, 0) is 5.54 Å². The third kappa shape index (κ3) is 3.25. The van der Waals surface area contributed by atoms with E-state index in [0.717, 1.165) is 85.7 Å². The fourth-order valence-corrected chi connectivity index (χ4v) is 8.61. The molecule has 0 saturated heterocycles. The summed E-state index contributed by atoms with van der Waals surface area (Å²) in [6.07, 6.45) is 6.12. The van der Waals surface area contributed by atoms with Crippen LogP contribution in [0.5, 0.6) is 0 Å². The van der Waals surface area contributed by atoms with E-state index in [0.29, 0.717) is 5.56 Å². The summed E-state index contributed by atoms with van der Waals surface area (Å²) in [7, 11) is -2.17. The first-order chi connectivity index (χ1) is 14.2. The van der Waals surface area contributed by atoms with E-state index in [1.807, 2.05) is 12.3 Å². The van der Waals surface area contributed by atoms with Crippen molar-refractivity contribution in [3.63, 3.8) is 0 Å². The molecule has 2 aromatic rings. The van der Waals surface area contributed by atoms with Gasteiger partial charge in [0.25, 0.3) is 0 Å². The standard InChI is InChI=1S/C22H26N3O3S.Pb/c1-3-4-14-12-23-19-11-18-16(10-20(19)29(2,28)25-14)15-9-13(21(26)27)5-6-17(15)22(24-18)7-8-22;/h5-6,9-11,14,24-25,28H,3-4,7-8,12H2,1-2H3,(H,26,27);/q-1;+1/t14-;/m1./s1. The number of rotatable bonds is 3. The van der Waals surface area contributed by atoms with Gasteiger partial charge in [-0.15, -0.1) is 0 Å². The predicted octanol–water partition coefficient (Wildman–Crippen LogP) is 4.31. The number of carbonyl (C=O) groups is 1. The molecule has 1 unspecified atom stereocenters. The SMILES string of the molecule is CCC[C@@H]1C[N]([Pb])c2cc3c(cc2S(C)(O)N1)-c1cc(C(=O)O)ccc1C1(CC1)N3. The van der Waals surface area contributed by atoms with Crippen molar-refractivity contribution in [1.29, 1.82) is 0 Å². The second kappa shape index (κ2) is 7.11. The summed E-state index contributed by atoms with van der Waals surface area (Å²) in [5, 5.41) is 13.3. The zero-order valence-electron chi connectivity index (χ0n) is 17.2. The van der Waals surface area contributed by atoms with Gasteiger partial charge in [-0.05, 0) is 0 Å². The Morgan fingerprint density at radius 3 is 2.73 bits per heavy atom. The molecule has 0 bridgehead atoms. The molecule has 6 nitrogen and oxygen atoms in total. The van der Waals surface area contributed by atoms with E-state index in [-0.39, 0.29) is 11.6 Å². The second-order valence-electron chi connectivity index (χ2n) is 8.73. The molecule has 3 radical (unpaired) electrons. The number of carboxylic acids is 1. The molecule has 0 amide bonds. The van der Waals surface area contributed by atoms with Gasteiger partial charge >= 0.3 is 196 Å². The molecule has 3 aliphatic rings. The zero-order chi connectivity index (χ0) is 21.3. The summed E-state index contributed by atoms with van der Waals surface area (Å²) in [6.45, 7) is 3.08. The Kier molecular flexibility index (Phi) is 4.88. The molecule has 2 atom stereocenters. The average Bonchev–Trinajstić information content (AvgIpc) is 3.47. The van der Waals surface area contributed by atoms with Gasteiger partial charge in [-0.25, -0.2) is 0 Å². The van der Waals surface area contributed by atoms with Crippen LogP contribution < -0.4 is 12.7 Å². The van der Waals surface area contributed by atoms with Crippen LogP contribution in [0.15, 0.2) is 35.2 Å². The van der Waals surface area contributed by atoms with Crippen LogP contribution in [0, 0.1) is 0 Å². The minimum absolute atomic E-state index is 0.0767. The van der Waals surface area contributed by atoms with Crippen LogP contribution in [0.4, 0.5) is 11.4 Å². The minimum atomic E-state index is -2.17. The Morgan fingerprint density at radius 1 is 1.30 bits per heavy atom. The normalized spacial score (nSPS) is 27.7. The summed E-state index contributed by atoms with van der Waals surface area (Å²) < 4.78 is 17.4. The number of aromatic carboxylic acids is 1. The quantitative estimate of drug-likeness (QED) is 0.384. The predicted molar refractivity (Wildman–Crippen MR) is 123 cm³/mol. The van der Waals surface area contributed by atoms with Crippen LogP contribution in [0.1, 0.15) is 48.5 Å². The van der Waals surface area contributed by atoms with Crippen molar-refractivity contribution in [1.82, 2.24) is 4.72 Å². The van der Waals surface area contributed by atoms with Gasteiger partial charge in [0.2, 0.25) is 0 Å². The van der Waals surface area contributed by atoms with Gasteiger partial charge < -0.3 is 0 Å². The van der Waals surface area contributed by atoms with Crippen molar-refractivity contribution < 1.29 is 14.5 Å². The number of benzene rings is 2. The second-order valence-corrected chi connectivity index (χ2v) is 13.3. The van der Waals surface area contributed by atoms with Crippen LogP contribution in [0.3, 0.4) is 0 Å². The number of nitrogens with one attached hydrogen (secondary N) is 2. The molecule has 2 aromatic carbocycles. The van der Waals surface area contributed by atoms with Gasteiger partial charge in [0.15, 0.2) is 0 Å². The summed E-state index contributed by atoms with van der Waals surface area (Å²) >= 11 is 0.873. The van der Waals surface area contributed by atoms with Crippen molar-refractivity contribution in [3.8, 4) is 11.1 Å². The van der Waals surface area contributed by atoms with Crippen LogP contribution in [0.25, 0.3) is 11.1 Å². The maximum absolute atomic E-state index is 11.6. The molecule has 5 rings (SSSR count). The van der Waals surface area contributed by atoms with E-state index in [9.17, 15) is 14.5 Å². The topological polar surface area (TPSA) is 84.8 Å². The molecule has 4 N–H and O–H groups in total. The average molecular weight is 620 g/mol. The molecule has 157 valence electrons. The van der Waals surface area contributed by atoms with E-state index in [1.54, 1.807) is 12.1 Å². The number of anilines is 2. The van der Waals surface area contributed by atoms with Gasteiger partial charge in [0.1, 0.15) is 0 Å². The Labute approximate surface area is 194 Å². The van der Waals surface area contributed by atoms with Crippen LogP contribution in [0.2, 0.25) is 0 Å². The maximum atomic E-state index is 11.6. The number of nitrogens with zero attached hydrogens (tertiary/aromatic N) is 1. The first kappa shape index (κ1) is 20.6. The summed E-state index contributed by atoms with van der Waals surface area (Å²) in [5.41, 5.74) is 5.52. The molecule has 1 spiro atoms. The third-order valence-electron chi connectivity index (χ3n) is 6.45. The molecule has 0 aromatic heterocycles. The zero-order valence-corrected chi connectivity index (χ0v) is 21.9. The van der Waals surface area contributed by atoms with Crippen molar-refractivity contribution in [2.75, 3.05) is 20.8 Å². The molecular formula is C22H26N3O3PbS. The van der Waals surface area contributed by atoms with Crippen molar-refractivity contribution in [3.05, 3.63) is 41.5 Å². The van der Waals surface area contributed by atoms with Crippen molar-refractivity contribution >= 4 is 53.9 Å². The molecule has 2 heterocycles. The van der Waals surface area contributed by atoms with Crippen molar-refractivity contribution in [2.45, 2.75) is 49.1 Å². The summed E-state index contributed by atoms with van der Waals surface area (Å²) in [4.78, 5) is 12.6. The van der Waals surface area contributed by atoms with E-state index in [2.05, 4.69) is 31.8 Å². The number of fused-ring (bicyclic) bond motifs is 5. The Balaban J connectivity index is 1.70. The molecule has 1 fully saturated rings. The third-order valence-corrected chi connectivity index (χ3v) is 10.1. The fraction of sp³-hybridized carbons (Fsp3) is 0.409. The van der Waals surface area contributed by atoms with Gasteiger partial charge in [-0.1, -0.05) is 0 Å². The first-order valence-corrected chi connectivity index (χ1v) is 14.1. The van der Waals surface area contributed by atoms with Crippen LogP contribution in [-0.4, -0.2) is 60.5 Å². The summed E-state index contributed by atoms with van der Waals surface area (Å²) in [6, 6.07) is 10.0. The fourth-order valence-electron chi connectivity index (χ4n) is 4.83. The van der Waals surface area contributed by atoms with E-state index in [1.165, 1.54) is 5.56 Å². The molecule has 1 saturated carbocycles. The Hall–Kier alpha value is -1.30. The molecular weight excluding hydrogens is 594 g/mol. The molecule has 2 aliphatic heterocycles. The Bertz CT molecular complexity index is 1050. The van der Waals surface area contributed by atoms with E-state index >= 15 is 0 Å². The molecule has 8 heteroatoms. The van der Waals surface area contributed by atoms with Gasteiger partial charge in [-0.2, -0.15) is 0 Å². The van der Waals surface area contributed by atoms with Gasteiger partial charge in [-0.3, -0.25) is 0 Å². The molecule has 30 heavy (non-hydrogen) atoms. The Morgan fingerprint density at radius 2 is 2.07 bits per heavy atom. The number of hydrogen-bond donors (Lipinski definition) is 4. The van der Waals surface area contributed by atoms with E-state index < -0.39 is 16.5 Å². The van der Waals surface area contributed by atoms with E-state index in [4.69, 9.17) is 0 Å². The number of hydrogen-bond acceptors (Lipinski definition) is 5. The van der Waals surface area contributed by atoms with Crippen molar-refractivity contribution in [2.24, 2.45) is 0 Å². The van der Waals surface area contributed by atoms with Gasteiger partial charge in [0, 0.05) is 0 Å². The summed E-state index contributed by atoms with van der Waals surface area (Å²) in [5.74, 6) is -0.912. The molecule has 1 aliphatic carbocycles.